The first-order valence-corrected chi connectivity index (χ1v) is 13.7. The topological polar surface area (TPSA) is 89.5 Å². The molecule has 3 saturated heterocycles. The molecular formula is C28H31ClFN5O4. The summed E-state index contributed by atoms with van der Waals surface area (Å²) in [6, 6.07) is 3.95. The van der Waals surface area contributed by atoms with Gasteiger partial charge >= 0.3 is 0 Å². The molecule has 2 unspecified atom stereocenters. The first-order valence-electron chi connectivity index (χ1n) is 13.4. The van der Waals surface area contributed by atoms with Crippen molar-refractivity contribution in [3.05, 3.63) is 47.3 Å². The number of benzene rings is 1. The minimum Gasteiger partial charge on any atom is -0.507 e. The van der Waals surface area contributed by atoms with E-state index in [4.69, 9.17) is 21.3 Å². The molecule has 6 rings (SSSR count). The summed E-state index contributed by atoms with van der Waals surface area (Å²) in [6.07, 6.45) is 3.43. The van der Waals surface area contributed by atoms with E-state index in [2.05, 4.69) is 23.3 Å². The third-order valence-electron chi connectivity index (χ3n) is 8.38. The van der Waals surface area contributed by atoms with E-state index in [1.54, 1.807) is 9.80 Å². The Morgan fingerprint density at radius 2 is 2.00 bits per heavy atom. The number of hydrogen-bond donors (Lipinski definition) is 1. The molecule has 1 aromatic carbocycles. The van der Waals surface area contributed by atoms with Crippen molar-refractivity contribution < 1.29 is 23.8 Å². The van der Waals surface area contributed by atoms with Crippen LogP contribution in [-0.4, -0.2) is 101 Å². The molecule has 1 aromatic heterocycles. The Labute approximate surface area is 231 Å². The SMILES string of the molecule is C=CC(=O)N1CCN2C(=O)c3c(N4CC5CCCN5C[C@@H]4C)nc(-c4c(O)cccc4F)c(Cl)c3OCC2C1. The highest BCUT2D eigenvalue weighted by molar-refractivity contribution is 6.35. The standard InChI is InChI=1S/C28H31ClFN5O4/c1-3-21(37)33-10-11-34-18(13-33)15-39-26-23(28(34)38)27(35-14-17-6-5-9-32(17)12-16(35)2)31-25(24(26)29)22-19(30)7-4-8-20(22)36/h3-4,7-8,16-18,36H,1,5-6,9-15H2,2H3/t16-,17?,18?/m0/s1. The van der Waals surface area contributed by atoms with E-state index in [-0.39, 0.29) is 57.8 Å². The van der Waals surface area contributed by atoms with Gasteiger partial charge in [0.2, 0.25) is 5.91 Å². The molecule has 39 heavy (non-hydrogen) atoms. The maximum atomic E-state index is 15.1. The second-order valence-electron chi connectivity index (χ2n) is 10.7. The predicted molar refractivity (Wildman–Crippen MR) is 145 cm³/mol. The number of fused-ring (bicyclic) bond motifs is 3. The van der Waals surface area contributed by atoms with Crippen LogP contribution in [0.1, 0.15) is 30.1 Å². The van der Waals surface area contributed by atoms with Crippen LogP contribution in [0, 0.1) is 5.82 Å². The van der Waals surface area contributed by atoms with E-state index in [1.165, 1.54) is 24.3 Å². The second kappa shape index (κ2) is 9.98. The predicted octanol–water partition coefficient (Wildman–Crippen LogP) is 3.15. The van der Waals surface area contributed by atoms with Crippen LogP contribution in [0.2, 0.25) is 5.02 Å². The highest BCUT2D eigenvalue weighted by atomic mass is 35.5. The normalized spacial score (nSPS) is 24.9. The molecule has 0 bridgehead atoms. The summed E-state index contributed by atoms with van der Waals surface area (Å²) in [5.74, 6) is -0.972. The number of carbonyl (C=O) groups is 2. The van der Waals surface area contributed by atoms with Crippen molar-refractivity contribution >= 4 is 29.2 Å². The lowest BCUT2D eigenvalue weighted by Crippen LogP contribution is -2.58. The van der Waals surface area contributed by atoms with Crippen molar-refractivity contribution in [2.45, 2.75) is 37.9 Å². The Kier molecular flexibility index (Phi) is 6.63. The number of rotatable bonds is 3. The largest absolute Gasteiger partial charge is 0.507 e. The molecular weight excluding hydrogens is 525 g/mol. The van der Waals surface area contributed by atoms with Gasteiger partial charge in [0.15, 0.2) is 5.75 Å². The number of carbonyl (C=O) groups excluding carboxylic acids is 2. The summed E-state index contributed by atoms with van der Waals surface area (Å²) in [5, 5.41) is 10.6. The van der Waals surface area contributed by atoms with Crippen molar-refractivity contribution in [1.29, 1.82) is 0 Å². The van der Waals surface area contributed by atoms with Crippen molar-refractivity contribution in [2.75, 3.05) is 50.8 Å². The number of nitrogens with zero attached hydrogens (tertiary/aromatic N) is 5. The number of phenolic OH excluding ortho intramolecular Hbond substituents is 1. The molecule has 5 heterocycles. The van der Waals surface area contributed by atoms with Crippen LogP contribution in [0.3, 0.4) is 0 Å². The summed E-state index contributed by atoms with van der Waals surface area (Å²) in [6.45, 7) is 9.25. The number of piperazine rings is 2. The van der Waals surface area contributed by atoms with Gasteiger partial charge in [-0.1, -0.05) is 24.2 Å². The van der Waals surface area contributed by atoms with Crippen LogP contribution in [0.15, 0.2) is 30.9 Å². The Hall–Kier alpha value is -3.37. The highest BCUT2D eigenvalue weighted by Gasteiger charge is 2.43. The van der Waals surface area contributed by atoms with Gasteiger partial charge in [-0.15, -0.1) is 0 Å². The summed E-state index contributed by atoms with van der Waals surface area (Å²) >= 11 is 6.84. The summed E-state index contributed by atoms with van der Waals surface area (Å²) in [4.78, 5) is 39.3. The number of aromatic hydroxyl groups is 1. The van der Waals surface area contributed by atoms with Crippen LogP contribution < -0.4 is 9.64 Å². The number of amides is 2. The fourth-order valence-corrected chi connectivity index (χ4v) is 6.66. The molecule has 11 heteroatoms. The van der Waals surface area contributed by atoms with Crippen molar-refractivity contribution in [2.24, 2.45) is 0 Å². The van der Waals surface area contributed by atoms with Crippen LogP contribution in [-0.2, 0) is 4.79 Å². The van der Waals surface area contributed by atoms with Crippen molar-refractivity contribution in [3.63, 3.8) is 0 Å². The first kappa shape index (κ1) is 25.9. The molecule has 206 valence electrons. The number of halogens is 2. The zero-order valence-corrected chi connectivity index (χ0v) is 22.5. The molecule has 4 aliphatic heterocycles. The van der Waals surface area contributed by atoms with E-state index < -0.39 is 11.9 Å². The zero-order chi connectivity index (χ0) is 27.4. The zero-order valence-electron chi connectivity index (χ0n) is 21.8. The molecule has 0 saturated carbocycles. The molecule has 3 fully saturated rings. The Morgan fingerprint density at radius 1 is 1.18 bits per heavy atom. The number of ether oxygens (including phenoxy) is 1. The Morgan fingerprint density at radius 3 is 2.77 bits per heavy atom. The van der Waals surface area contributed by atoms with Crippen LogP contribution in [0.5, 0.6) is 11.5 Å². The van der Waals surface area contributed by atoms with Gasteiger partial charge in [-0.25, -0.2) is 9.37 Å². The smallest absolute Gasteiger partial charge is 0.261 e. The van der Waals surface area contributed by atoms with E-state index in [0.29, 0.717) is 38.0 Å². The average molecular weight is 556 g/mol. The minimum absolute atomic E-state index is 0.0214. The van der Waals surface area contributed by atoms with E-state index in [9.17, 15) is 14.7 Å². The minimum atomic E-state index is -0.681. The Balaban J connectivity index is 1.50. The lowest BCUT2D eigenvalue weighted by molar-refractivity contribution is -0.128. The maximum Gasteiger partial charge on any atom is 0.261 e. The molecule has 1 N–H and O–H groups in total. The van der Waals surface area contributed by atoms with Gasteiger partial charge in [-0.3, -0.25) is 14.5 Å². The molecule has 0 aliphatic carbocycles. The van der Waals surface area contributed by atoms with E-state index >= 15 is 4.39 Å². The Bertz CT molecular complexity index is 1340. The van der Waals surface area contributed by atoms with Crippen molar-refractivity contribution in [3.8, 4) is 22.8 Å². The summed E-state index contributed by atoms with van der Waals surface area (Å²) in [7, 11) is 0. The fourth-order valence-electron chi connectivity index (χ4n) is 6.38. The van der Waals surface area contributed by atoms with Gasteiger partial charge in [-0.2, -0.15) is 0 Å². The van der Waals surface area contributed by atoms with Crippen LogP contribution in [0.25, 0.3) is 11.3 Å². The number of aromatic nitrogens is 1. The lowest BCUT2D eigenvalue weighted by Gasteiger charge is -2.44. The van der Waals surface area contributed by atoms with Crippen LogP contribution in [0.4, 0.5) is 10.2 Å². The fraction of sp³-hybridized carbons (Fsp3) is 0.464. The molecule has 3 atom stereocenters. The third-order valence-corrected chi connectivity index (χ3v) is 8.73. The number of pyridine rings is 1. The quantitative estimate of drug-likeness (QED) is 0.582. The number of anilines is 1. The first-order chi connectivity index (χ1) is 18.8. The van der Waals surface area contributed by atoms with Gasteiger partial charge < -0.3 is 24.5 Å². The molecule has 9 nitrogen and oxygen atoms in total. The molecule has 2 amide bonds. The van der Waals surface area contributed by atoms with E-state index in [1.807, 2.05) is 0 Å². The number of hydrogen-bond acceptors (Lipinski definition) is 7. The van der Waals surface area contributed by atoms with E-state index in [0.717, 1.165) is 25.9 Å². The van der Waals surface area contributed by atoms with Crippen LogP contribution >= 0.6 is 11.6 Å². The van der Waals surface area contributed by atoms with Gasteiger partial charge in [-0.05, 0) is 44.5 Å². The summed E-state index contributed by atoms with van der Waals surface area (Å²) in [5.41, 5.74) is 0.126. The van der Waals surface area contributed by atoms with Gasteiger partial charge in [0.05, 0.1) is 11.6 Å². The highest BCUT2D eigenvalue weighted by Crippen LogP contribution is 2.46. The average Bonchev–Trinajstić information content (AvgIpc) is 3.32. The second-order valence-corrected chi connectivity index (χ2v) is 11.1. The maximum absolute atomic E-state index is 15.1. The monoisotopic (exact) mass is 555 g/mol. The summed E-state index contributed by atoms with van der Waals surface area (Å²) < 4.78 is 21.3. The molecule has 2 aromatic rings. The van der Waals surface area contributed by atoms with Gasteiger partial charge in [0.25, 0.3) is 5.91 Å². The van der Waals surface area contributed by atoms with Gasteiger partial charge in [0.1, 0.15) is 40.3 Å². The molecule has 4 aliphatic rings. The number of phenols is 1. The molecule has 0 spiro atoms. The lowest BCUT2D eigenvalue weighted by atomic mass is 10.0. The van der Waals surface area contributed by atoms with Crippen molar-refractivity contribution in [1.82, 2.24) is 19.7 Å². The van der Waals surface area contributed by atoms with Gasteiger partial charge in [0, 0.05) is 44.8 Å². The third kappa shape index (κ3) is 4.30. The molecule has 0 radical (unpaired) electrons.